The summed E-state index contributed by atoms with van der Waals surface area (Å²) in [6.07, 6.45) is 4.67. The standard InChI is InChI=1S/C13H24N4O3S/c1-10(2)15-21(19,20)17-6-4-5-12(17)7-13(18)11-8-14-16(3)9-11/h8-10,12-13,15,18H,4-7H2,1-3H3. The molecule has 1 aromatic rings. The quantitative estimate of drug-likeness (QED) is 0.802. The van der Waals surface area contributed by atoms with Crippen LogP contribution in [0.15, 0.2) is 12.4 Å². The number of aryl methyl sites for hydroxylation is 1. The molecule has 0 radical (unpaired) electrons. The fraction of sp³-hybridized carbons (Fsp3) is 0.769. The third-order valence-corrected chi connectivity index (χ3v) is 5.49. The van der Waals surface area contributed by atoms with Gasteiger partial charge in [-0.1, -0.05) is 0 Å². The molecule has 1 aliphatic rings. The monoisotopic (exact) mass is 316 g/mol. The maximum Gasteiger partial charge on any atom is 0.279 e. The minimum atomic E-state index is -3.48. The fourth-order valence-electron chi connectivity index (χ4n) is 2.73. The van der Waals surface area contributed by atoms with E-state index in [1.807, 2.05) is 0 Å². The van der Waals surface area contributed by atoms with E-state index < -0.39 is 16.3 Å². The summed E-state index contributed by atoms with van der Waals surface area (Å²) in [6.45, 7) is 4.10. The largest absolute Gasteiger partial charge is 0.388 e. The normalized spacial score (nSPS) is 22.0. The van der Waals surface area contributed by atoms with Crippen LogP contribution in [0.25, 0.3) is 0 Å². The molecule has 0 bridgehead atoms. The molecule has 0 spiro atoms. The number of aliphatic hydroxyl groups is 1. The van der Waals surface area contributed by atoms with Gasteiger partial charge in [0, 0.05) is 37.4 Å². The van der Waals surface area contributed by atoms with Crippen molar-refractivity contribution in [1.29, 1.82) is 0 Å². The van der Waals surface area contributed by atoms with E-state index in [4.69, 9.17) is 0 Å². The van der Waals surface area contributed by atoms with Gasteiger partial charge in [-0.05, 0) is 33.1 Å². The maximum absolute atomic E-state index is 12.3. The number of nitrogens with zero attached hydrogens (tertiary/aromatic N) is 3. The van der Waals surface area contributed by atoms with E-state index in [9.17, 15) is 13.5 Å². The average Bonchev–Trinajstić information content (AvgIpc) is 2.96. The highest BCUT2D eigenvalue weighted by Crippen LogP contribution is 2.28. The molecule has 2 rings (SSSR count). The van der Waals surface area contributed by atoms with Crippen LogP contribution in [-0.4, -0.2) is 46.2 Å². The topological polar surface area (TPSA) is 87.5 Å². The van der Waals surface area contributed by atoms with Gasteiger partial charge in [-0.15, -0.1) is 0 Å². The van der Waals surface area contributed by atoms with Crippen molar-refractivity contribution in [3.05, 3.63) is 18.0 Å². The van der Waals surface area contributed by atoms with Crippen LogP contribution in [0, 0.1) is 0 Å². The van der Waals surface area contributed by atoms with Gasteiger partial charge >= 0.3 is 0 Å². The van der Waals surface area contributed by atoms with E-state index >= 15 is 0 Å². The molecule has 0 amide bonds. The number of rotatable bonds is 6. The Morgan fingerprint density at radius 2 is 2.24 bits per heavy atom. The number of aromatic nitrogens is 2. The Morgan fingerprint density at radius 3 is 2.81 bits per heavy atom. The molecule has 1 aliphatic heterocycles. The van der Waals surface area contributed by atoms with Crippen molar-refractivity contribution in [2.45, 2.75) is 51.3 Å². The summed E-state index contributed by atoms with van der Waals surface area (Å²) in [7, 11) is -1.69. The smallest absolute Gasteiger partial charge is 0.279 e. The summed E-state index contributed by atoms with van der Waals surface area (Å²) < 4.78 is 30.3. The van der Waals surface area contributed by atoms with E-state index in [2.05, 4.69) is 9.82 Å². The van der Waals surface area contributed by atoms with Gasteiger partial charge in [0.2, 0.25) is 0 Å². The van der Waals surface area contributed by atoms with Crippen LogP contribution in [0.5, 0.6) is 0 Å². The highest BCUT2D eigenvalue weighted by molar-refractivity contribution is 7.87. The second kappa shape index (κ2) is 6.43. The van der Waals surface area contributed by atoms with Crippen LogP contribution in [-0.2, 0) is 17.3 Å². The molecule has 1 saturated heterocycles. The van der Waals surface area contributed by atoms with Gasteiger partial charge in [0.15, 0.2) is 0 Å². The molecular formula is C13H24N4O3S. The van der Waals surface area contributed by atoms with Crippen molar-refractivity contribution in [2.24, 2.45) is 7.05 Å². The molecule has 1 aromatic heterocycles. The average molecular weight is 316 g/mol. The van der Waals surface area contributed by atoms with Crippen LogP contribution in [0.3, 0.4) is 0 Å². The van der Waals surface area contributed by atoms with Crippen molar-refractivity contribution >= 4 is 10.2 Å². The molecule has 0 aromatic carbocycles. The molecule has 21 heavy (non-hydrogen) atoms. The number of hydrogen-bond donors (Lipinski definition) is 2. The van der Waals surface area contributed by atoms with Gasteiger partial charge in [0.25, 0.3) is 10.2 Å². The first-order chi connectivity index (χ1) is 9.79. The zero-order valence-electron chi connectivity index (χ0n) is 12.7. The molecular weight excluding hydrogens is 292 g/mol. The summed E-state index contributed by atoms with van der Waals surface area (Å²) >= 11 is 0. The van der Waals surface area contributed by atoms with Gasteiger partial charge in [0.1, 0.15) is 0 Å². The Labute approximate surface area is 126 Å². The third-order valence-electron chi connectivity index (χ3n) is 3.62. The first kappa shape index (κ1) is 16.4. The van der Waals surface area contributed by atoms with Crippen LogP contribution < -0.4 is 4.72 Å². The third kappa shape index (κ3) is 4.03. The molecule has 7 nitrogen and oxygen atoms in total. The van der Waals surface area contributed by atoms with Gasteiger partial charge in [-0.25, -0.2) is 0 Å². The van der Waals surface area contributed by atoms with Crippen molar-refractivity contribution < 1.29 is 13.5 Å². The molecule has 120 valence electrons. The summed E-state index contributed by atoms with van der Waals surface area (Å²) in [5.41, 5.74) is 0.721. The molecule has 8 heteroatoms. The summed E-state index contributed by atoms with van der Waals surface area (Å²) in [5.74, 6) is 0. The molecule has 2 heterocycles. The highest BCUT2D eigenvalue weighted by Gasteiger charge is 2.35. The Balaban J connectivity index is 2.05. The Kier molecular flexibility index (Phi) is 5.03. The maximum atomic E-state index is 12.3. The van der Waals surface area contributed by atoms with Crippen molar-refractivity contribution in [2.75, 3.05) is 6.54 Å². The van der Waals surface area contributed by atoms with Gasteiger partial charge in [0.05, 0.1) is 12.3 Å². The highest BCUT2D eigenvalue weighted by atomic mass is 32.2. The molecule has 2 unspecified atom stereocenters. The van der Waals surface area contributed by atoms with Crippen LogP contribution in [0.1, 0.15) is 44.8 Å². The molecule has 1 fully saturated rings. The van der Waals surface area contributed by atoms with Crippen LogP contribution in [0.4, 0.5) is 0 Å². The van der Waals surface area contributed by atoms with E-state index in [-0.39, 0.29) is 12.1 Å². The van der Waals surface area contributed by atoms with E-state index in [1.54, 1.807) is 38.0 Å². The lowest BCUT2D eigenvalue weighted by molar-refractivity contribution is 0.141. The van der Waals surface area contributed by atoms with E-state index in [0.717, 1.165) is 18.4 Å². The fourth-order valence-corrected chi connectivity index (χ4v) is 4.42. The van der Waals surface area contributed by atoms with Gasteiger partial charge in [-0.3, -0.25) is 4.68 Å². The van der Waals surface area contributed by atoms with E-state index in [1.165, 1.54) is 4.31 Å². The van der Waals surface area contributed by atoms with Gasteiger partial charge < -0.3 is 5.11 Å². The minimum Gasteiger partial charge on any atom is -0.388 e. The lowest BCUT2D eigenvalue weighted by atomic mass is 10.0. The number of hydrogen-bond acceptors (Lipinski definition) is 4. The number of nitrogens with one attached hydrogen (secondary N) is 1. The SMILES string of the molecule is CC(C)NS(=O)(=O)N1CCCC1CC(O)c1cnn(C)c1. The molecule has 0 aliphatic carbocycles. The second-order valence-electron chi connectivity index (χ2n) is 5.88. The van der Waals surface area contributed by atoms with E-state index in [0.29, 0.717) is 13.0 Å². The molecule has 2 N–H and O–H groups in total. The molecule has 0 saturated carbocycles. The summed E-state index contributed by atoms with van der Waals surface area (Å²) in [4.78, 5) is 0. The first-order valence-electron chi connectivity index (χ1n) is 7.25. The summed E-state index contributed by atoms with van der Waals surface area (Å²) in [6, 6.07) is -0.309. The first-order valence-corrected chi connectivity index (χ1v) is 8.69. The zero-order chi connectivity index (χ0) is 15.6. The summed E-state index contributed by atoms with van der Waals surface area (Å²) in [5, 5.41) is 14.3. The van der Waals surface area contributed by atoms with Crippen LogP contribution >= 0.6 is 0 Å². The lowest BCUT2D eigenvalue weighted by Crippen LogP contribution is -2.46. The Bertz CT molecular complexity index is 570. The minimum absolute atomic E-state index is 0.139. The predicted molar refractivity (Wildman–Crippen MR) is 79.7 cm³/mol. The van der Waals surface area contributed by atoms with Crippen molar-refractivity contribution in [3.8, 4) is 0 Å². The number of aliphatic hydroxyl groups excluding tert-OH is 1. The Hall–Kier alpha value is -0.960. The van der Waals surface area contributed by atoms with Crippen LogP contribution in [0.2, 0.25) is 0 Å². The van der Waals surface area contributed by atoms with Crippen molar-refractivity contribution in [3.63, 3.8) is 0 Å². The predicted octanol–water partition coefficient (Wildman–Crippen LogP) is 0.551. The van der Waals surface area contributed by atoms with Gasteiger partial charge in [-0.2, -0.15) is 22.5 Å². The lowest BCUT2D eigenvalue weighted by Gasteiger charge is -2.26. The Morgan fingerprint density at radius 1 is 1.52 bits per heavy atom. The second-order valence-corrected chi connectivity index (χ2v) is 7.54. The zero-order valence-corrected chi connectivity index (χ0v) is 13.5. The molecule has 2 atom stereocenters. The van der Waals surface area contributed by atoms with Crippen molar-refractivity contribution in [1.82, 2.24) is 18.8 Å².